The molecule has 0 bridgehead atoms. The molecule has 34 heavy (non-hydrogen) atoms. The third-order valence-corrected chi connectivity index (χ3v) is 7.62. The molecule has 176 valence electrons. The van der Waals surface area contributed by atoms with E-state index in [-0.39, 0.29) is 11.0 Å². The highest BCUT2D eigenvalue weighted by atomic mass is 32.2. The average molecular weight is 474 g/mol. The highest BCUT2D eigenvalue weighted by Crippen LogP contribution is 2.37. The molecule has 3 aromatic heterocycles. The van der Waals surface area contributed by atoms with Gasteiger partial charge in [0.05, 0.1) is 5.69 Å². The lowest BCUT2D eigenvalue weighted by molar-refractivity contribution is 0.485. The van der Waals surface area contributed by atoms with E-state index in [9.17, 15) is 4.79 Å². The summed E-state index contributed by atoms with van der Waals surface area (Å²) in [4.78, 5) is 17.4. The molecule has 0 saturated heterocycles. The number of benzene rings is 1. The molecule has 3 heterocycles. The minimum Gasteiger partial charge on any atom is -0.299 e. The Morgan fingerprint density at radius 3 is 2.47 bits per heavy atom. The summed E-state index contributed by atoms with van der Waals surface area (Å²) in [6.07, 6.45) is 4.76. The van der Waals surface area contributed by atoms with Crippen LogP contribution in [0.5, 0.6) is 0 Å². The van der Waals surface area contributed by atoms with E-state index in [1.54, 1.807) is 22.2 Å². The fourth-order valence-corrected chi connectivity index (χ4v) is 5.66. The molecule has 1 aliphatic rings. The first kappa shape index (κ1) is 22.8. The molecule has 0 N–H and O–H groups in total. The molecule has 0 amide bonds. The summed E-state index contributed by atoms with van der Waals surface area (Å²) in [5, 5.41) is 10.1. The average Bonchev–Trinajstić information content (AvgIpc) is 3.47. The number of rotatable bonds is 5. The van der Waals surface area contributed by atoms with Gasteiger partial charge >= 0.3 is 0 Å². The van der Waals surface area contributed by atoms with Gasteiger partial charge in [0.2, 0.25) is 0 Å². The maximum absolute atomic E-state index is 12.7. The molecule has 5 rings (SSSR count). The molecule has 0 spiro atoms. The molecule has 0 atom stereocenters. The number of fused-ring (bicyclic) bond motifs is 1. The van der Waals surface area contributed by atoms with Gasteiger partial charge in [-0.1, -0.05) is 75.7 Å². The van der Waals surface area contributed by atoms with Crippen molar-refractivity contribution in [3.05, 3.63) is 75.8 Å². The van der Waals surface area contributed by atoms with E-state index in [1.807, 2.05) is 25.1 Å². The smallest absolute Gasteiger partial charge is 0.258 e. The van der Waals surface area contributed by atoms with Crippen LogP contribution >= 0.6 is 11.8 Å². The largest absolute Gasteiger partial charge is 0.299 e. The Kier molecular flexibility index (Phi) is 6.06. The van der Waals surface area contributed by atoms with Crippen LogP contribution in [0.15, 0.2) is 58.5 Å². The number of aryl methyl sites for hydroxylation is 1. The summed E-state index contributed by atoms with van der Waals surface area (Å²) in [6, 6.07) is 16.5. The van der Waals surface area contributed by atoms with Crippen molar-refractivity contribution in [2.75, 3.05) is 0 Å². The molecule has 1 aromatic carbocycles. The topological polar surface area (TPSA) is 65.1 Å². The van der Waals surface area contributed by atoms with Crippen molar-refractivity contribution < 1.29 is 0 Å². The number of aromatic nitrogens is 5. The van der Waals surface area contributed by atoms with E-state index >= 15 is 0 Å². The fraction of sp³-hybridized carbons (Fsp3) is 0.407. The van der Waals surface area contributed by atoms with Crippen molar-refractivity contribution in [2.24, 2.45) is 0 Å². The van der Waals surface area contributed by atoms with Crippen molar-refractivity contribution in [2.45, 2.75) is 75.7 Å². The molecule has 1 saturated carbocycles. The number of hydrogen-bond acceptors (Lipinski definition) is 5. The molecular weight excluding hydrogens is 442 g/mol. The normalized spacial score (nSPS) is 14.8. The number of pyridine rings is 1. The Hall–Kier alpha value is -2.93. The zero-order valence-electron chi connectivity index (χ0n) is 20.3. The van der Waals surface area contributed by atoms with Crippen molar-refractivity contribution in [1.82, 2.24) is 24.1 Å². The summed E-state index contributed by atoms with van der Waals surface area (Å²) in [7, 11) is 0. The second-order valence-corrected chi connectivity index (χ2v) is 11.1. The van der Waals surface area contributed by atoms with Gasteiger partial charge in [0, 0.05) is 29.1 Å². The van der Waals surface area contributed by atoms with Gasteiger partial charge in [-0.2, -0.15) is 0 Å². The quantitative estimate of drug-likeness (QED) is 0.334. The lowest BCUT2D eigenvalue weighted by atomic mass is 9.86. The lowest BCUT2D eigenvalue weighted by Crippen LogP contribution is -2.17. The summed E-state index contributed by atoms with van der Waals surface area (Å²) in [5.41, 5.74) is 4.80. The van der Waals surface area contributed by atoms with Gasteiger partial charge in [0.15, 0.2) is 11.0 Å². The zero-order chi connectivity index (χ0) is 23.9. The van der Waals surface area contributed by atoms with Crippen molar-refractivity contribution >= 4 is 17.4 Å². The van der Waals surface area contributed by atoms with E-state index < -0.39 is 0 Å². The molecule has 1 fully saturated rings. The second kappa shape index (κ2) is 9.02. The van der Waals surface area contributed by atoms with E-state index in [0.29, 0.717) is 17.4 Å². The van der Waals surface area contributed by atoms with Gasteiger partial charge in [-0.3, -0.25) is 13.8 Å². The summed E-state index contributed by atoms with van der Waals surface area (Å²) < 4.78 is 3.97. The van der Waals surface area contributed by atoms with Gasteiger partial charge in [-0.25, -0.2) is 4.98 Å². The van der Waals surface area contributed by atoms with Crippen LogP contribution in [0.3, 0.4) is 0 Å². The van der Waals surface area contributed by atoms with Crippen LogP contribution in [0.1, 0.15) is 69.4 Å². The van der Waals surface area contributed by atoms with E-state index in [4.69, 9.17) is 4.98 Å². The van der Waals surface area contributed by atoms with Crippen LogP contribution in [-0.2, 0) is 11.2 Å². The number of hydrogen-bond donors (Lipinski definition) is 0. The molecule has 0 radical (unpaired) electrons. The second-order valence-electron chi connectivity index (χ2n) is 10.2. The van der Waals surface area contributed by atoms with Gasteiger partial charge < -0.3 is 0 Å². The Labute approximate surface area is 204 Å². The number of nitrogens with zero attached hydrogens (tertiary/aromatic N) is 5. The van der Waals surface area contributed by atoms with E-state index in [2.05, 4.69) is 59.8 Å². The van der Waals surface area contributed by atoms with Crippen molar-refractivity contribution in [3.8, 4) is 11.4 Å². The molecule has 6 nitrogen and oxygen atoms in total. The first-order valence-electron chi connectivity index (χ1n) is 12.0. The number of thioether (sulfide) groups is 1. The summed E-state index contributed by atoms with van der Waals surface area (Å²) >= 11 is 1.61. The molecule has 7 heteroatoms. The van der Waals surface area contributed by atoms with Gasteiger partial charge in [0.25, 0.3) is 5.56 Å². The van der Waals surface area contributed by atoms with Gasteiger partial charge in [-0.15, -0.1) is 10.2 Å². The van der Waals surface area contributed by atoms with Crippen LogP contribution in [-0.4, -0.2) is 24.1 Å². The fourth-order valence-electron chi connectivity index (χ4n) is 4.76. The summed E-state index contributed by atoms with van der Waals surface area (Å²) in [5.74, 6) is 1.50. The Morgan fingerprint density at radius 2 is 1.76 bits per heavy atom. The van der Waals surface area contributed by atoms with E-state index in [1.165, 1.54) is 18.4 Å². The molecule has 1 aliphatic carbocycles. The first-order chi connectivity index (χ1) is 16.3. The Morgan fingerprint density at radius 1 is 1.03 bits per heavy atom. The van der Waals surface area contributed by atoms with Crippen LogP contribution in [0.25, 0.3) is 17.0 Å². The third kappa shape index (κ3) is 4.41. The standard InChI is InChI=1S/C27H31N5OS/c1-18-8-7-11-23-28-21(16-24(33)31(18)23)17-34-26-30-29-25(32(26)22-9-5-6-10-22)19-12-14-20(15-13-19)27(2,3)4/h7-8,11-16,22H,5-6,9-10,17H2,1-4H3. The maximum atomic E-state index is 12.7. The third-order valence-electron chi connectivity index (χ3n) is 6.65. The molecular formula is C27H31N5OS. The summed E-state index contributed by atoms with van der Waals surface area (Å²) in [6.45, 7) is 8.60. The minimum absolute atomic E-state index is 0.0458. The van der Waals surface area contributed by atoms with Crippen molar-refractivity contribution in [1.29, 1.82) is 0 Å². The van der Waals surface area contributed by atoms with Crippen LogP contribution in [0.4, 0.5) is 0 Å². The maximum Gasteiger partial charge on any atom is 0.258 e. The van der Waals surface area contributed by atoms with Crippen LogP contribution in [0, 0.1) is 6.92 Å². The Bertz CT molecular complexity index is 1380. The highest BCUT2D eigenvalue weighted by Gasteiger charge is 2.25. The van der Waals surface area contributed by atoms with Crippen LogP contribution in [0.2, 0.25) is 0 Å². The van der Waals surface area contributed by atoms with E-state index in [0.717, 1.165) is 40.8 Å². The van der Waals surface area contributed by atoms with Gasteiger partial charge in [0.1, 0.15) is 5.65 Å². The van der Waals surface area contributed by atoms with Gasteiger partial charge in [-0.05, 0) is 42.9 Å². The first-order valence-corrected chi connectivity index (χ1v) is 13.0. The lowest BCUT2D eigenvalue weighted by Gasteiger charge is -2.20. The zero-order valence-corrected chi connectivity index (χ0v) is 21.1. The van der Waals surface area contributed by atoms with Crippen molar-refractivity contribution in [3.63, 3.8) is 0 Å². The molecule has 0 unspecified atom stereocenters. The predicted molar refractivity (Wildman–Crippen MR) is 137 cm³/mol. The molecule has 4 aromatic rings. The molecule has 0 aliphatic heterocycles. The Balaban J connectivity index is 1.46. The highest BCUT2D eigenvalue weighted by molar-refractivity contribution is 7.98. The van der Waals surface area contributed by atoms with Crippen LogP contribution < -0.4 is 5.56 Å². The minimum atomic E-state index is -0.0458. The monoisotopic (exact) mass is 473 g/mol. The SMILES string of the molecule is Cc1cccc2nc(CSc3nnc(-c4ccc(C(C)(C)C)cc4)n3C3CCCC3)cc(=O)n12. The predicted octanol–water partition coefficient (Wildman–Crippen LogP) is 5.97.